The quantitative estimate of drug-likeness (QED) is 0.286. The second kappa shape index (κ2) is 12.9. The number of piperidine rings is 1. The van der Waals surface area contributed by atoms with E-state index in [-0.39, 0.29) is 24.8 Å². The Balaban J connectivity index is 0.00000196. The van der Waals surface area contributed by atoms with Crippen LogP contribution >= 0.6 is 24.8 Å². The first-order valence-electron chi connectivity index (χ1n) is 9.69. The van der Waals surface area contributed by atoms with Crippen molar-refractivity contribution in [3.63, 3.8) is 0 Å². The van der Waals surface area contributed by atoms with Crippen molar-refractivity contribution in [2.75, 3.05) is 18.4 Å². The fourth-order valence-corrected chi connectivity index (χ4v) is 3.98. The van der Waals surface area contributed by atoms with E-state index in [2.05, 4.69) is 20.2 Å². The van der Waals surface area contributed by atoms with Crippen LogP contribution in [0.1, 0.15) is 57.1 Å². The van der Waals surface area contributed by atoms with Crippen LogP contribution in [0.2, 0.25) is 0 Å². The van der Waals surface area contributed by atoms with E-state index in [0.29, 0.717) is 11.7 Å². The smallest absolute Gasteiger partial charge is 0.267 e. The van der Waals surface area contributed by atoms with Gasteiger partial charge in [-0.05, 0) is 38.3 Å². The summed E-state index contributed by atoms with van der Waals surface area (Å²) < 4.78 is 0. The van der Waals surface area contributed by atoms with E-state index in [9.17, 15) is 4.79 Å². The lowest BCUT2D eigenvalue weighted by Crippen LogP contribution is -2.47. The SMILES string of the molecule is Cl.Cl.O=C(C=Cc1cnc(N[C@@H]2CCCN(C3CCCCCC3)C2)cn1)NO. The van der Waals surface area contributed by atoms with Crippen molar-refractivity contribution in [2.24, 2.45) is 0 Å². The van der Waals surface area contributed by atoms with Crippen molar-refractivity contribution in [3.8, 4) is 0 Å². The molecule has 28 heavy (non-hydrogen) atoms. The van der Waals surface area contributed by atoms with E-state index in [1.807, 2.05) is 0 Å². The van der Waals surface area contributed by atoms with Crippen molar-refractivity contribution in [1.29, 1.82) is 0 Å². The summed E-state index contributed by atoms with van der Waals surface area (Å²) >= 11 is 0. The van der Waals surface area contributed by atoms with Gasteiger partial charge in [-0.25, -0.2) is 10.5 Å². The lowest BCUT2D eigenvalue weighted by atomic mass is 10.00. The number of rotatable bonds is 5. The zero-order chi connectivity index (χ0) is 18.2. The Morgan fingerprint density at radius 3 is 2.46 bits per heavy atom. The average Bonchev–Trinajstić information content (AvgIpc) is 2.97. The van der Waals surface area contributed by atoms with E-state index in [1.54, 1.807) is 17.9 Å². The molecule has 0 radical (unpaired) electrons. The number of likely N-dealkylation sites (tertiary alicyclic amines) is 1. The predicted octanol–water partition coefficient (Wildman–Crippen LogP) is 3.44. The number of halogens is 2. The molecule has 0 aromatic carbocycles. The van der Waals surface area contributed by atoms with Crippen molar-refractivity contribution in [2.45, 2.75) is 63.5 Å². The van der Waals surface area contributed by atoms with Crippen LogP contribution in [-0.2, 0) is 4.79 Å². The molecular weight excluding hydrogens is 401 g/mol. The largest absolute Gasteiger partial charge is 0.365 e. The molecule has 2 heterocycles. The van der Waals surface area contributed by atoms with Crippen LogP contribution in [0.3, 0.4) is 0 Å². The Kier molecular flexibility index (Phi) is 11.4. The van der Waals surface area contributed by atoms with Crippen molar-refractivity contribution < 1.29 is 10.0 Å². The summed E-state index contributed by atoms with van der Waals surface area (Å²) in [6, 6.07) is 1.15. The molecule has 1 aliphatic heterocycles. The molecule has 1 aromatic heterocycles. The maximum Gasteiger partial charge on any atom is 0.267 e. The van der Waals surface area contributed by atoms with E-state index in [0.717, 1.165) is 24.8 Å². The highest BCUT2D eigenvalue weighted by atomic mass is 35.5. The molecule has 158 valence electrons. The number of nitrogens with zero attached hydrogens (tertiary/aromatic N) is 3. The number of carbonyl (C=O) groups is 1. The molecule has 3 N–H and O–H groups in total. The van der Waals surface area contributed by atoms with Crippen LogP contribution in [0, 0.1) is 0 Å². The van der Waals surface area contributed by atoms with E-state index >= 15 is 0 Å². The predicted molar refractivity (Wildman–Crippen MR) is 115 cm³/mol. The van der Waals surface area contributed by atoms with Crippen molar-refractivity contribution in [3.05, 3.63) is 24.2 Å². The van der Waals surface area contributed by atoms with Gasteiger partial charge in [-0.15, -0.1) is 24.8 Å². The minimum Gasteiger partial charge on any atom is -0.365 e. The lowest BCUT2D eigenvalue weighted by molar-refractivity contribution is -0.124. The topological polar surface area (TPSA) is 90.4 Å². The number of hydroxylamine groups is 1. The third-order valence-electron chi connectivity index (χ3n) is 5.33. The molecule has 3 rings (SSSR count). The normalized spacial score (nSPS) is 21.2. The van der Waals surface area contributed by atoms with Gasteiger partial charge in [-0.3, -0.25) is 19.9 Å². The Morgan fingerprint density at radius 1 is 1.07 bits per heavy atom. The fourth-order valence-electron chi connectivity index (χ4n) is 3.98. The standard InChI is InChI=1S/C19H29N5O2.2ClH/c25-19(23-26)10-9-15-12-21-18(13-20-15)22-16-6-5-11-24(14-16)17-7-3-1-2-4-8-17;;/h9-10,12-13,16-17,26H,1-8,11,14H2,(H,21,22)(H,23,25);2*1H/t16-;;/m1../s1. The van der Waals surface area contributed by atoms with Crippen LogP contribution in [0.25, 0.3) is 6.08 Å². The lowest BCUT2D eigenvalue weighted by Gasteiger charge is -2.38. The molecule has 2 fully saturated rings. The molecule has 1 aliphatic carbocycles. The van der Waals surface area contributed by atoms with Crippen LogP contribution in [-0.4, -0.2) is 51.2 Å². The minimum absolute atomic E-state index is 0. The number of nitrogens with one attached hydrogen (secondary N) is 2. The summed E-state index contributed by atoms with van der Waals surface area (Å²) in [4.78, 5) is 22.3. The summed E-state index contributed by atoms with van der Waals surface area (Å²) in [6.45, 7) is 2.29. The summed E-state index contributed by atoms with van der Waals surface area (Å²) in [5.41, 5.74) is 2.12. The fraction of sp³-hybridized carbons (Fsp3) is 0.632. The molecule has 9 heteroatoms. The molecule has 1 saturated heterocycles. The Labute approximate surface area is 179 Å². The minimum atomic E-state index is -0.588. The highest BCUT2D eigenvalue weighted by Crippen LogP contribution is 2.25. The van der Waals surface area contributed by atoms with Gasteiger partial charge in [0.1, 0.15) is 5.82 Å². The van der Waals surface area contributed by atoms with Gasteiger partial charge in [0.05, 0.1) is 18.1 Å². The number of hydrogen-bond donors (Lipinski definition) is 3. The Morgan fingerprint density at radius 2 is 1.82 bits per heavy atom. The van der Waals surface area contributed by atoms with Gasteiger partial charge in [0.15, 0.2) is 0 Å². The molecule has 7 nitrogen and oxygen atoms in total. The van der Waals surface area contributed by atoms with E-state index < -0.39 is 5.91 Å². The third-order valence-corrected chi connectivity index (χ3v) is 5.33. The number of aromatic nitrogens is 2. The second-order valence-electron chi connectivity index (χ2n) is 7.26. The number of anilines is 1. The molecular formula is C19H31Cl2N5O2. The number of hydrogen-bond acceptors (Lipinski definition) is 6. The summed E-state index contributed by atoms with van der Waals surface area (Å²) in [6.07, 6.45) is 16.6. The maximum absolute atomic E-state index is 11.0. The van der Waals surface area contributed by atoms with Crippen LogP contribution in [0.5, 0.6) is 0 Å². The van der Waals surface area contributed by atoms with Gasteiger partial charge in [0, 0.05) is 24.7 Å². The van der Waals surface area contributed by atoms with Gasteiger partial charge < -0.3 is 5.32 Å². The second-order valence-corrected chi connectivity index (χ2v) is 7.26. The van der Waals surface area contributed by atoms with Gasteiger partial charge in [-0.1, -0.05) is 25.7 Å². The molecule has 0 unspecified atom stereocenters. The first-order valence-corrected chi connectivity index (χ1v) is 9.69. The molecule has 0 bridgehead atoms. The maximum atomic E-state index is 11.0. The highest BCUT2D eigenvalue weighted by Gasteiger charge is 2.26. The molecule has 0 spiro atoms. The highest BCUT2D eigenvalue weighted by molar-refractivity contribution is 5.90. The van der Waals surface area contributed by atoms with Crippen molar-refractivity contribution in [1.82, 2.24) is 20.3 Å². The first-order chi connectivity index (χ1) is 12.7. The number of amides is 1. The van der Waals surface area contributed by atoms with Crippen LogP contribution < -0.4 is 10.8 Å². The molecule has 1 saturated carbocycles. The van der Waals surface area contributed by atoms with E-state index in [1.165, 1.54) is 63.6 Å². The number of carbonyl (C=O) groups excluding carboxylic acids is 1. The van der Waals surface area contributed by atoms with Gasteiger partial charge in [-0.2, -0.15) is 0 Å². The van der Waals surface area contributed by atoms with Gasteiger partial charge in [0.2, 0.25) is 0 Å². The van der Waals surface area contributed by atoms with Crippen LogP contribution in [0.15, 0.2) is 18.5 Å². The molecule has 1 atom stereocenters. The monoisotopic (exact) mass is 431 g/mol. The third kappa shape index (κ3) is 7.54. The summed E-state index contributed by atoms with van der Waals surface area (Å²) in [5.74, 6) is 0.177. The van der Waals surface area contributed by atoms with E-state index in [4.69, 9.17) is 5.21 Å². The Hall–Kier alpha value is -1.41. The Bertz CT molecular complexity index is 607. The zero-order valence-electron chi connectivity index (χ0n) is 16.0. The van der Waals surface area contributed by atoms with Gasteiger partial charge in [0.25, 0.3) is 5.91 Å². The van der Waals surface area contributed by atoms with Crippen molar-refractivity contribution >= 4 is 42.6 Å². The molecule has 2 aliphatic rings. The molecule has 1 amide bonds. The van der Waals surface area contributed by atoms with Crippen LogP contribution in [0.4, 0.5) is 5.82 Å². The average molecular weight is 432 g/mol. The summed E-state index contributed by atoms with van der Waals surface area (Å²) in [7, 11) is 0. The first kappa shape index (κ1) is 24.6. The summed E-state index contributed by atoms with van der Waals surface area (Å²) in [5, 5.41) is 12.0. The van der Waals surface area contributed by atoms with Gasteiger partial charge >= 0.3 is 0 Å². The molecule has 1 aromatic rings. The zero-order valence-corrected chi connectivity index (χ0v) is 17.7.